The molecular formula is C28H23Cl3F3N3OS. The van der Waals surface area contributed by atoms with Crippen molar-refractivity contribution in [2.75, 3.05) is 31.1 Å². The van der Waals surface area contributed by atoms with Gasteiger partial charge < -0.3 is 4.90 Å². The lowest BCUT2D eigenvalue weighted by Crippen LogP contribution is -2.46. The highest BCUT2D eigenvalue weighted by atomic mass is 35.5. The SMILES string of the molecule is O=C(c1ccnc(Cl)c1)N1CC2(CCN(C/C=C/c3ccc(Cl)c(Cl)c3)CC2)c2cc(SC(F)(F)F)ccc21. The molecule has 0 atom stereocenters. The van der Waals surface area contributed by atoms with Crippen LogP contribution in [0.5, 0.6) is 0 Å². The zero-order chi connectivity index (χ0) is 27.8. The van der Waals surface area contributed by atoms with Gasteiger partial charge in [-0.25, -0.2) is 4.98 Å². The van der Waals surface area contributed by atoms with E-state index in [1.807, 2.05) is 12.1 Å². The van der Waals surface area contributed by atoms with Crippen LogP contribution in [0, 0.1) is 0 Å². The van der Waals surface area contributed by atoms with E-state index in [0.717, 1.165) is 24.2 Å². The molecule has 1 spiro atoms. The monoisotopic (exact) mass is 611 g/mol. The Morgan fingerprint density at radius 1 is 1.03 bits per heavy atom. The molecule has 0 saturated carbocycles. The summed E-state index contributed by atoms with van der Waals surface area (Å²) in [5, 5.41) is 1.20. The molecule has 1 saturated heterocycles. The number of fused-ring (bicyclic) bond motifs is 2. The molecule has 204 valence electrons. The standard InChI is InChI=1S/C28H23Cl3F3N3OS/c29-22-5-3-18(14-23(22)30)2-1-11-36-12-8-27(9-13-36)17-37(26(38)19-7-10-35-25(31)15-19)24-6-4-20(16-21(24)27)39-28(32,33)34/h1-7,10,14-16H,8-9,11-13,17H2/b2-1+. The van der Waals surface area contributed by atoms with Gasteiger partial charge in [0.25, 0.3) is 5.91 Å². The number of benzene rings is 2. The second-order valence-corrected chi connectivity index (χ2v) is 12.0. The van der Waals surface area contributed by atoms with Crippen LogP contribution in [0.2, 0.25) is 15.2 Å². The third-order valence-corrected chi connectivity index (χ3v) is 8.84. The van der Waals surface area contributed by atoms with E-state index in [-0.39, 0.29) is 27.7 Å². The van der Waals surface area contributed by atoms with Crippen LogP contribution >= 0.6 is 46.6 Å². The van der Waals surface area contributed by atoms with Crippen molar-refractivity contribution in [3.63, 3.8) is 0 Å². The number of piperidine rings is 1. The van der Waals surface area contributed by atoms with Crippen molar-refractivity contribution in [2.45, 2.75) is 28.7 Å². The maximum absolute atomic E-state index is 13.5. The van der Waals surface area contributed by atoms with Crippen molar-refractivity contribution in [2.24, 2.45) is 0 Å². The molecule has 0 radical (unpaired) electrons. The minimum Gasteiger partial charge on any atom is -0.307 e. The summed E-state index contributed by atoms with van der Waals surface area (Å²) in [6.45, 7) is 2.59. The summed E-state index contributed by atoms with van der Waals surface area (Å²) >= 11 is 18.0. The van der Waals surface area contributed by atoms with Crippen LogP contribution in [0.1, 0.15) is 34.3 Å². The lowest BCUT2D eigenvalue weighted by Gasteiger charge is -2.39. The predicted molar refractivity (Wildman–Crippen MR) is 152 cm³/mol. The Morgan fingerprint density at radius 3 is 2.49 bits per heavy atom. The first-order valence-corrected chi connectivity index (χ1v) is 14.2. The number of halogens is 6. The highest BCUT2D eigenvalue weighted by Gasteiger charge is 2.47. The predicted octanol–water partition coefficient (Wildman–Crippen LogP) is 8.36. The summed E-state index contributed by atoms with van der Waals surface area (Å²) in [7, 11) is 0. The molecule has 4 nitrogen and oxygen atoms in total. The van der Waals surface area contributed by atoms with Crippen molar-refractivity contribution in [1.82, 2.24) is 9.88 Å². The van der Waals surface area contributed by atoms with E-state index >= 15 is 0 Å². The van der Waals surface area contributed by atoms with Crippen molar-refractivity contribution in [3.8, 4) is 0 Å². The van der Waals surface area contributed by atoms with Crippen molar-refractivity contribution < 1.29 is 18.0 Å². The van der Waals surface area contributed by atoms with E-state index in [9.17, 15) is 18.0 Å². The quantitative estimate of drug-likeness (QED) is 0.214. The summed E-state index contributed by atoms with van der Waals surface area (Å²) in [5.74, 6) is -0.249. The highest BCUT2D eigenvalue weighted by molar-refractivity contribution is 8.00. The number of hydrogen-bond donors (Lipinski definition) is 0. The molecular weight excluding hydrogens is 590 g/mol. The second-order valence-electron chi connectivity index (χ2n) is 9.64. The smallest absolute Gasteiger partial charge is 0.307 e. The van der Waals surface area contributed by atoms with Gasteiger partial charge in [0.2, 0.25) is 0 Å². The summed E-state index contributed by atoms with van der Waals surface area (Å²) in [4.78, 5) is 21.5. The Labute approximate surface area is 243 Å². The minimum absolute atomic E-state index is 0.119. The molecule has 0 N–H and O–H groups in total. The Hall–Kier alpha value is -2.23. The van der Waals surface area contributed by atoms with Crippen LogP contribution in [-0.4, -0.2) is 47.5 Å². The van der Waals surface area contributed by atoms with Crippen molar-refractivity contribution in [1.29, 1.82) is 0 Å². The fraction of sp³-hybridized carbons (Fsp3) is 0.286. The van der Waals surface area contributed by atoms with E-state index in [2.05, 4.69) is 16.0 Å². The molecule has 2 aliphatic rings. The van der Waals surface area contributed by atoms with E-state index < -0.39 is 10.9 Å². The normalized spacial score (nSPS) is 17.2. The third-order valence-electron chi connectivity index (χ3n) is 7.17. The molecule has 0 unspecified atom stereocenters. The number of hydrogen-bond acceptors (Lipinski definition) is 4. The van der Waals surface area contributed by atoms with Crippen molar-refractivity contribution in [3.05, 3.63) is 92.7 Å². The lowest BCUT2D eigenvalue weighted by molar-refractivity contribution is -0.0328. The first-order chi connectivity index (χ1) is 18.5. The van der Waals surface area contributed by atoms with Gasteiger partial charge in [-0.05, 0) is 91.3 Å². The number of carbonyl (C=O) groups excluding carboxylic acids is 1. The van der Waals surface area contributed by atoms with Gasteiger partial charge in [-0.2, -0.15) is 13.2 Å². The summed E-state index contributed by atoms with van der Waals surface area (Å²) < 4.78 is 39.5. The zero-order valence-corrected chi connectivity index (χ0v) is 23.6. The molecule has 11 heteroatoms. The summed E-state index contributed by atoms with van der Waals surface area (Å²) in [6.07, 6.45) is 6.93. The maximum atomic E-state index is 13.5. The van der Waals surface area contributed by atoms with Crippen LogP contribution in [0.4, 0.5) is 18.9 Å². The average Bonchev–Trinajstić information content (AvgIpc) is 3.19. The number of carbonyl (C=O) groups is 1. The molecule has 2 aliphatic heterocycles. The van der Waals surface area contributed by atoms with Gasteiger partial charge in [-0.3, -0.25) is 9.69 Å². The van der Waals surface area contributed by atoms with Crippen LogP contribution in [-0.2, 0) is 5.41 Å². The number of likely N-dealkylation sites (tertiary alicyclic amines) is 1. The van der Waals surface area contributed by atoms with Gasteiger partial charge in [-0.15, -0.1) is 0 Å². The summed E-state index contributed by atoms with van der Waals surface area (Å²) in [6, 6.07) is 13.2. The first-order valence-electron chi connectivity index (χ1n) is 12.2. The highest BCUT2D eigenvalue weighted by Crippen LogP contribution is 2.50. The molecule has 1 fully saturated rings. The molecule has 1 aromatic heterocycles. The molecule has 5 rings (SSSR count). The zero-order valence-electron chi connectivity index (χ0n) is 20.5. The van der Waals surface area contributed by atoms with Gasteiger partial charge in [0, 0.05) is 40.8 Å². The lowest BCUT2D eigenvalue weighted by atomic mass is 9.74. The number of nitrogens with zero attached hydrogens (tertiary/aromatic N) is 3. The van der Waals surface area contributed by atoms with Gasteiger partial charge in [0.15, 0.2) is 0 Å². The fourth-order valence-electron chi connectivity index (χ4n) is 5.26. The number of rotatable bonds is 5. The van der Waals surface area contributed by atoms with E-state index in [4.69, 9.17) is 34.8 Å². The minimum atomic E-state index is -4.40. The Morgan fingerprint density at radius 2 is 1.79 bits per heavy atom. The summed E-state index contributed by atoms with van der Waals surface area (Å²) in [5.41, 5.74) is -2.07. The van der Waals surface area contributed by atoms with Crippen LogP contribution in [0.25, 0.3) is 6.08 Å². The molecule has 0 bridgehead atoms. The number of thioether (sulfide) groups is 1. The largest absolute Gasteiger partial charge is 0.446 e. The van der Waals surface area contributed by atoms with Gasteiger partial charge in [-0.1, -0.05) is 53.0 Å². The molecule has 0 aliphatic carbocycles. The number of alkyl halides is 3. The number of pyridine rings is 1. The molecule has 1 amide bonds. The fourth-order valence-corrected chi connectivity index (χ4v) is 6.32. The van der Waals surface area contributed by atoms with Crippen LogP contribution < -0.4 is 4.90 Å². The molecule has 3 aromatic rings. The molecule has 39 heavy (non-hydrogen) atoms. The molecule has 2 aromatic carbocycles. The van der Waals surface area contributed by atoms with E-state index in [1.165, 1.54) is 18.3 Å². The van der Waals surface area contributed by atoms with Crippen molar-refractivity contribution >= 4 is 64.2 Å². The maximum Gasteiger partial charge on any atom is 0.446 e. The topological polar surface area (TPSA) is 36.4 Å². The van der Waals surface area contributed by atoms with E-state index in [1.54, 1.807) is 35.2 Å². The Balaban J connectivity index is 1.36. The number of aromatic nitrogens is 1. The Kier molecular flexibility index (Phi) is 8.23. The van der Waals surface area contributed by atoms with E-state index in [0.29, 0.717) is 47.2 Å². The van der Waals surface area contributed by atoms with Crippen LogP contribution in [0.15, 0.2) is 65.7 Å². The average molecular weight is 613 g/mol. The second kappa shape index (κ2) is 11.3. The number of anilines is 1. The van der Waals surface area contributed by atoms with Gasteiger partial charge in [0.05, 0.1) is 10.0 Å². The first kappa shape index (κ1) is 28.3. The Bertz CT molecular complexity index is 1420. The van der Waals surface area contributed by atoms with Gasteiger partial charge in [0.1, 0.15) is 5.15 Å². The number of amides is 1. The molecule has 3 heterocycles. The third kappa shape index (κ3) is 6.41. The van der Waals surface area contributed by atoms with Crippen LogP contribution in [0.3, 0.4) is 0 Å². The van der Waals surface area contributed by atoms with Gasteiger partial charge >= 0.3 is 5.51 Å².